The van der Waals surface area contributed by atoms with Gasteiger partial charge in [-0.05, 0) is 61.4 Å². The lowest BCUT2D eigenvalue weighted by Gasteiger charge is -2.27. The molecule has 0 aliphatic carbocycles. The second-order valence-corrected chi connectivity index (χ2v) is 7.05. The van der Waals surface area contributed by atoms with Gasteiger partial charge < -0.3 is 9.47 Å². The normalized spacial score (nSPS) is 18.1. The SMILES string of the molecule is CN1CCC(=C2c3cc(Br)ccc3C=Cn3cccc32)CC1. The second-order valence-electron chi connectivity index (χ2n) is 6.13. The lowest BCUT2D eigenvalue weighted by atomic mass is 9.89. The van der Waals surface area contributed by atoms with Gasteiger partial charge in [0.05, 0.1) is 5.69 Å². The number of hydrogen-bond acceptors (Lipinski definition) is 1. The van der Waals surface area contributed by atoms with Crippen molar-refractivity contribution in [2.75, 3.05) is 20.1 Å². The molecule has 0 N–H and O–H groups in total. The Balaban J connectivity index is 1.96. The van der Waals surface area contributed by atoms with Gasteiger partial charge in [0.15, 0.2) is 0 Å². The van der Waals surface area contributed by atoms with Crippen molar-refractivity contribution in [1.82, 2.24) is 9.47 Å². The van der Waals surface area contributed by atoms with E-state index in [1.807, 2.05) is 0 Å². The minimum absolute atomic E-state index is 1.14. The number of halogens is 1. The van der Waals surface area contributed by atoms with Crippen LogP contribution in [0.4, 0.5) is 0 Å². The van der Waals surface area contributed by atoms with Gasteiger partial charge >= 0.3 is 0 Å². The molecule has 1 aromatic carbocycles. The molecule has 2 aliphatic rings. The molecule has 0 amide bonds. The van der Waals surface area contributed by atoms with Crippen molar-refractivity contribution >= 4 is 33.8 Å². The molecule has 3 heteroatoms. The van der Waals surface area contributed by atoms with Crippen molar-refractivity contribution in [2.45, 2.75) is 12.8 Å². The molecular weight excluding hydrogens is 336 g/mol. The summed E-state index contributed by atoms with van der Waals surface area (Å²) in [5, 5.41) is 0. The van der Waals surface area contributed by atoms with E-state index < -0.39 is 0 Å². The molecule has 2 nitrogen and oxygen atoms in total. The maximum Gasteiger partial charge on any atom is 0.0528 e. The number of benzene rings is 1. The van der Waals surface area contributed by atoms with Crippen LogP contribution in [0.25, 0.3) is 17.8 Å². The van der Waals surface area contributed by atoms with Crippen LogP contribution in [0.2, 0.25) is 0 Å². The molecule has 3 heterocycles. The first kappa shape index (κ1) is 14.0. The fraction of sp³-hybridized carbons (Fsp3) is 0.263. The van der Waals surface area contributed by atoms with E-state index in [0.29, 0.717) is 0 Å². The van der Waals surface area contributed by atoms with Crippen LogP contribution in [-0.2, 0) is 0 Å². The van der Waals surface area contributed by atoms with E-state index in [2.05, 4.69) is 81.2 Å². The summed E-state index contributed by atoms with van der Waals surface area (Å²) in [5.41, 5.74) is 6.98. The van der Waals surface area contributed by atoms with Crippen molar-refractivity contribution in [2.24, 2.45) is 0 Å². The molecule has 2 aromatic rings. The lowest BCUT2D eigenvalue weighted by molar-refractivity contribution is 0.313. The van der Waals surface area contributed by atoms with Gasteiger partial charge in [-0.2, -0.15) is 0 Å². The fourth-order valence-corrected chi connectivity index (χ4v) is 3.80. The third kappa shape index (κ3) is 2.38. The number of rotatable bonds is 0. The maximum absolute atomic E-state index is 3.65. The van der Waals surface area contributed by atoms with Gasteiger partial charge in [-0.3, -0.25) is 0 Å². The molecule has 0 bridgehead atoms. The highest BCUT2D eigenvalue weighted by Gasteiger charge is 2.21. The molecule has 1 saturated heterocycles. The van der Waals surface area contributed by atoms with Gasteiger partial charge in [0.1, 0.15) is 0 Å². The Labute approximate surface area is 139 Å². The highest BCUT2D eigenvalue weighted by Crippen LogP contribution is 2.37. The van der Waals surface area contributed by atoms with Gasteiger partial charge in [0.2, 0.25) is 0 Å². The van der Waals surface area contributed by atoms with Gasteiger partial charge in [-0.15, -0.1) is 0 Å². The Morgan fingerprint density at radius 3 is 2.73 bits per heavy atom. The van der Waals surface area contributed by atoms with Gasteiger partial charge in [-0.1, -0.05) is 27.6 Å². The molecule has 0 saturated carbocycles. The first-order valence-electron chi connectivity index (χ1n) is 7.78. The fourth-order valence-electron chi connectivity index (χ4n) is 3.43. The third-order valence-corrected chi connectivity index (χ3v) is 5.17. The van der Waals surface area contributed by atoms with Gasteiger partial charge in [-0.25, -0.2) is 0 Å². The molecule has 1 fully saturated rings. The Kier molecular flexibility index (Phi) is 3.55. The van der Waals surface area contributed by atoms with E-state index in [9.17, 15) is 0 Å². The summed E-state index contributed by atoms with van der Waals surface area (Å²) >= 11 is 3.65. The molecule has 0 spiro atoms. The summed E-state index contributed by atoms with van der Waals surface area (Å²) in [4.78, 5) is 2.42. The topological polar surface area (TPSA) is 8.17 Å². The van der Waals surface area contributed by atoms with Gasteiger partial charge in [0.25, 0.3) is 0 Å². The van der Waals surface area contributed by atoms with Gasteiger partial charge in [0, 0.05) is 35.5 Å². The summed E-state index contributed by atoms with van der Waals surface area (Å²) < 4.78 is 3.39. The Hall–Kier alpha value is -1.58. The van der Waals surface area contributed by atoms with E-state index >= 15 is 0 Å². The maximum atomic E-state index is 3.65. The van der Waals surface area contributed by atoms with Crippen LogP contribution in [0.1, 0.15) is 29.7 Å². The van der Waals surface area contributed by atoms with E-state index in [1.54, 1.807) is 5.57 Å². The highest BCUT2D eigenvalue weighted by atomic mass is 79.9. The van der Waals surface area contributed by atoms with E-state index in [-0.39, 0.29) is 0 Å². The first-order chi connectivity index (χ1) is 10.7. The first-order valence-corrected chi connectivity index (χ1v) is 8.57. The quantitative estimate of drug-likeness (QED) is 0.567. The minimum atomic E-state index is 1.14. The number of piperidine rings is 1. The monoisotopic (exact) mass is 354 g/mol. The van der Waals surface area contributed by atoms with Crippen LogP contribution in [0, 0.1) is 0 Å². The van der Waals surface area contributed by atoms with Crippen LogP contribution in [-0.4, -0.2) is 29.6 Å². The third-order valence-electron chi connectivity index (χ3n) is 4.68. The van der Waals surface area contributed by atoms with Crippen LogP contribution in [0.5, 0.6) is 0 Å². The second kappa shape index (κ2) is 5.56. The number of aromatic nitrogens is 1. The standard InChI is InChI=1S/C19H19BrN2/c1-21-10-6-15(7-11-21)19-17-13-16(20)5-4-14(17)8-12-22-9-2-3-18(19)22/h2-5,8-9,12-13H,6-7,10-11H2,1H3. The number of likely N-dealkylation sites (tertiary alicyclic amines) is 1. The van der Waals surface area contributed by atoms with E-state index in [1.165, 1.54) is 22.4 Å². The summed E-state index contributed by atoms with van der Waals surface area (Å²) in [5.74, 6) is 0. The predicted octanol–water partition coefficient (Wildman–Crippen LogP) is 4.72. The number of nitrogens with zero attached hydrogens (tertiary/aromatic N) is 2. The van der Waals surface area contributed by atoms with Crippen LogP contribution >= 0.6 is 15.9 Å². The van der Waals surface area contributed by atoms with Crippen molar-refractivity contribution in [3.63, 3.8) is 0 Å². The molecule has 2 aliphatic heterocycles. The predicted molar refractivity (Wildman–Crippen MR) is 96.6 cm³/mol. The summed E-state index contributed by atoms with van der Waals surface area (Å²) in [6.45, 7) is 2.30. The lowest BCUT2D eigenvalue weighted by Crippen LogP contribution is -2.27. The van der Waals surface area contributed by atoms with Crippen LogP contribution in [0.3, 0.4) is 0 Å². The molecular formula is C19H19BrN2. The molecule has 4 rings (SSSR count). The Morgan fingerprint density at radius 1 is 1.09 bits per heavy atom. The zero-order valence-electron chi connectivity index (χ0n) is 12.7. The minimum Gasteiger partial charge on any atom is -0.323 e. The van der Waals surface area contributed by atoms with Crippen LogP contribution < -0.4 is 0 Å². The van der Waals surface area contributed by atoms with E-state index in [4.69, 9.17) is 0 Å². The number of fused-ring (bicyclic) bond motifs is 2. The van der Waals surface area contributed by atoms with Crippen LogP contribution in [0.15, 0.2) is 46.6 Å². The molecule has 0 unspecified atom stereocenters. The summed E-state index contributed by atoms with van der Waals surface area (Å²) in [7, 11) is 2.21. The van der Waals surface area contributed by atoms with Crippen molar-refractivity contribution in [1.29, 1.82) is 0 Å². The largest absolute Gasteiger partial charge is 0.323 e. The van der Waals surface area contributed by atoms with Crippen molar-refractivity contribution < 1.29 is 0 Å². The smallest absolute Gasteiger partial charge is 0.0528 e. The highest BCUT2D eigenvalue weighted by molar-refractivity contribution is 9.10. The zero-order valence-corrected chi connectivity index (χ0v) is 14.3. The number of hydrogen-bond donors (Lipinski definition) is 0. The molecule has 112 valence electrons. The average molecular weight is 355 g/mol. The van der Waals surface area contributed by atoms with Crippen molar-refractivity contribution in [3.8, 4) is 0 Å². The van der Waals surface area contributed by atoms with E-state index in [0.717, 1.165) is 30.4 Å². The molecule has 0 radical (unpaired) electrons. The summed E-state index contributed by atoms with van der Waals surface area (Å²) in [6.07, 6.45) is 8.84. The molecule has 22 heavy (non-hydrogen) atoms. The van der Waals surface area contributed by atoms with Crippen molar-refractivity contribution in [3.05, 3.63) is 63.4 Å². The Bertz CT molecular complexity index is 772. The zero-order chi connectivity index (χ0) is 15.1. The average Bonchev–Trinajstić information content (AvgIpc) is 2.91. The molecule has 0 atom stereocenters. The summed E-state index contributed by atoms with van der Waals surface area (Å²) in [6, 6.07) is 11.0. The molecule has 1 aromatic heterocycles. The Morgan fingerprint density at radius 2 is 1.91 bits per heavy atom.